The Balaban J connectivity index is 2.40. The molecule has 84 heavy (non-hydrogen) atoms. The molecule has 0 bridgehead atoms. The van der Waals surface area contributed by atoms with E-state index in [9.17, 15) is 107 Å². The van der Waals surface area contributed by atoms with Gasteiger partial charge in [-0.3, -0.25) is 67.1 Å². The largest absolute Gasteiger partial charge is 0.481 e. The standard InChI is InChI=1S/C48H74N12O22S2/c49-15-3-1-5-27(47(79)80)55-45(77)31(59-43(75)29(19-37(67)68)57-41(73)25(9-13-35(63)64)53-39(71)23-7-11-33(61)51-23)21-83-17-18-84-22-32(46(78)56-28(48(81)82)6-2-4-16-50)60-44(76)30(20-38(69)70)58-42(74)26(10-14-36(65)66)54-40(72)24-8-12-34(62)52-24/h23-32H,1-22,49-50H2,(H,51,61)(H,52,62)(H,53,71)(H,54,72)(H,55,77)(H,56,78)(H,57,73)(H,58,74)(H,59,75)(H,60,76)(H,63,64)(H,65,66)(H,67,68)(H,69,70)(H,79,80)(H,81,82)/t23-,24-,25-,26-,27-,28-,29-,30-,31-,32-/m0/s1. The van der Waals surface area contributed by atoms with Crippen LogP contribution in [0, 0.1) is 0 Å². The van der Waals surface area contributed by atoms with Gasteiger partial charge in [-0.05, 0) is 77.3 Å². The van der Waals surface area contributed by atoms with E-state index < -0.39 is 205 Å². The normalized spacial score (nSPS) is 17.3. The number of nitrogens with one attached hydrogen (secondary N) is 10. The second-order valence-corrected chi connectivity index (χ2v) is 21.6. The Morgan fingerprint density at radius 1 is 0.417 bits per heavy atom. The Bertz CT molecular complexity index is 2240. The molecular formula is C48H74N12O22S2. The minimum atomic E-state index is -2.00. The van der Waals surface area contributed by atoms with E-state index in [-0.39, 0.29) is 76.0 Å². The predicted octanol–water partition coefficient (Wildman–Crippen LogP) is -6.01. The fourth-order valence-corrected chi connectivity index (χ4v) is 10.2. The van der Waals surface area contributed by atoms with Gasteiger partial charge >= 0.3 is 35.8 Å². The summed E-state index contributed by atoms with van der Waals surface area (Å²) < 4.78 is 0. The lowest BCUT2D eigenvalue weighted by molar-refractivity contribution is -0.143. The summed E-state index contributed by atoms with van der Waals surface area (Å²) in [5.74, 6) is -19.7. The van der Waals surface area contributed by atoms with Gasteiger partial charge in [-0.25, -0.2) is 9.59 Å². The number of carboxylic acid groups (broad SMARTS) is 6. The number of thioether (sulfide) groups is 2. The lowest BCUT2D eigenvalue weighted by atomic mass is 10.1. The summed E-state index contributed by atoms with van der Waals surface area (Å²) in [6, 6.07) is -15.9. The van der Waals surface area contributed by atoms with Crippen molar-refractivity contribution in [2.75, 3.05) is 36.1 Å². The number of carbonyl (C=O) groups is 16. The molecule has 0 radical (unpaired) electrons. The molecule has 0 aromatic rings. The summed E-state index contributed by atoms with van der Waals surface area (Å²) in [7, 11) is 0. The van der Waals surface area contributed by atoms with Crippen LogP contribution in [-0.4, -0.2) is 222 Å². The Morgan fingerprint density at radius 3 is 1.01 bits per heavy atom. The summed E-state index contributed by atoms with van der Waals surface area (Å²) in [6.07, 6.45) is -3.73. The van der Waals surface area contributed by atoms with Gasteiger partial charge in [0.25, 0.3) is 0 Å². The maximum Gasteiger partial charge on any atom is 0.326 e. The van der Waals surface area contributed by atoms with E-state index in [0.29, 0.717) is 12.8 Å². The van der Waals surface area contributed by atoms with Crippen molar-refractivity contribution >= 4 is 118 Å². The molecule has 0 aromatic heterocycles. The van der Waals surface area contributed by atoms with Crippen molar-refractivity contribution in [3.8, 4) is 0 Å². The number of amides is 10. The van der Waals surface area contributed by atoms with Crippen LogP contribution >= 0.6 is 23.5 Å². The second kappa shape index (κ2) is 38.1. The van der Waals surface area contributed by atoms with E-state index in [0.717, 1.165) is 23.5 Å². The van der Waals surface area contributed by atoms with Crippen molar-refractivity contribution in [2.45, 2.75) is 163 Å². The van der Waals surface area contributed by atoms with Crippen LogP contribution in [-0.2, 0) is 76.7 Å². The molecule has 2 aliphatic heterocycles. The lowest BCUT2D eigenvalue weighted by Crippen LogP contribution is -2.59. The third-order valence-electron chi connectivity index (χ3n) is 12.5. The molecule has 0 aromatic carbocycles. The van der Waals surface area contributed by atoms with E-state index in [2.05, 4.69) is 53.2 Å². The quantitative estimate of drug-likeness (QED) is 0.0253. The molecule has 2 heterocycles. The maximum absolute atomic E-state index is 13.9. The molecule has 20 N–H and O–H groups in total. The molecule has 470 valence electrons. The molecule has 2 saturated heterocycles. The Hall–Kier alpha value is -7.86. The summed E-state index contributed by atoms with van der Waals surface area (Å²) in [5.41, 5.74) is 11.1. The van der Waals surface area contributed by atoms with E-state index in [1.165, 1.54) is 0 Å². The van der Waals surface area contributed by atoms with Crippen molar-refractivity contribution in [1.29, 1.82) is 0 Å². The summed E-state index contributed by atoms with van der Waals surface area (Å²) in [6.45, 7) is 0.374. The molecule has 2 aliphatic rings. The highest BCUT2D eigenvalue weighted by molar-refractivity contribution is 8.03. The van der Waals surface area contributed by atoms with Crippen molar-refractivity contribution in [2.24, 2.45) is 11.5 Å². The smallest absolute Gasteiger partial charge is 0.326 e. The molecule has 36 heteroatoms. The zero-order valence-corrected chi connectivity index (χ0v) is 47.1. The van der Waals surface area contributed by atoms with Gasteiger partial charge in [0.05, 0.1) is 12.8 Å². The number of carbonyl (C=O) groups excluding carboxylic acids is 10. The number of carboxylic acids is 6. The van der Waals surface area contributed by atoms with Crippen LogP contribution < -0.4 is 64.6 Å². The first kappa shape index (κ1) is 72.2. The maximum atomic E-state index is 13.9. The average Bonchev–Trinajstić information content (AvgIpc) is 4.17. The Labute approximate surface area is 488 Å². The van der Waals surface area contributed by atoms with Gasteiger partial charge in [-0.1, -0.05) is 0 Å². The minimum Gasteiger partial charge on any atom is -0.481 e. The zero-order chi connectivity index (χ0) is 63.1. The van der Waals surface area contributed by atoms with Crippen LogP contribution in [0.3, 0.4) is 0 Å². The number of unbranched alkanes of at least 4 members (excludes halogenated alkanes) is 2. The third-order valence-corrected chi connectivity index (χ3v) is 14.9. The first-order valence-electron chi connectivity index (χ1n) is 26.6. The Morgan fingerprint density at radius 2 is 0.726 bits per heavy atom. The van der Waals surface area contributed by atoms with Crippen molar-refractivity contribution in [3.63, 3.8) is 0 Å². The zero-order valence-electron chi connectivity index (χ0n) is 45.5. The molecule has 0 aliphatic carbocycles. The molecular weight excluding hydrogens is 1160 g/mol. The SMILES string of the molecule is NCCCC[C@H](NC(=O)[C@H](CSCCSC[C@H](NC(=O)[C@H](CC(=O)O)NC(=O)[C@H](CCC(=O)O)NC(=O)[C@@H]1CCC(=O)N1)C(=O)N[C@@H](CCCCN)C(=O)O)NC(=O)[C@H](CC(=O)O)NC(=O)[C@H](CCC(=O)O)NC(=O)[C@@H]1CCC(=O)N1)C(=O)O. The van der Waals surface area contributed by atoms with Gasteiger partial charge in [0.1, 0.15) is 60.4 Å². The second-order valence-electron chi connectivity index (χ2n) is 19.3. The molecule has 2 fully saturated rings. The minimum absolute atomic E-state index is 0.00960. The fraction of sp³-hybridized carbons (Fsp3) is 0.667. The fourth-order valence-electron chi connectivity index (χ4n) is 8.03. The predicted molar refractivity (Wildman–Crippen MR) is 292 cm³/mol. The van der Waals surface area contributed by atoms with E-state index >= 15 is 0 Å². The van der Waals surface area contributed by atoms with E-state index in [1.807, 2.05) is 0 Å². The van der Waals surface area contributed by atoms with Crippen molar-refractivity contribution < 1.29 is 107 Å². The summed E-state index contributed by atoms with van der Waals surface area (Å²) in [5, 5.41) is 80.7. The highest BCUT2D eigenvalue weighted by Gasteiger charge is 2.37. The van der Waals surface area contributed by atoms with Gasteiger partial charge in [0.2, 0.25) is 59.1 Å². The third kappa shape index (κ3) is 27.9. The molecule has 10 amide bonds. The van der Waals surface area contributed by atoms with Gasteiger partial charge in [0, 0.05) is 48.7 Å². The Kier molecular flexibility index (Phi) is 32.8. The van der Waals surface area contributed by atoms with Crippen LogP contribution in [0.15, 0.2) is 0 Å². The molecule has 0 spiro atoms. The highest BCUT2D eigenvalue weighted by atomic mass is 32.2. The average molecular weight is 1240 g/mol. The molecule has 10 atom stereocenters. The number of hydrogen-bond acceptors (Lipinski definition) is 20. The van der Waals surface area contributed by atoms with Gasteiger partial charge < -0.3 is 95.3 Å². The van der Waals surface area contributed by atoms with Crippen LogP contribution in [0.2, 0.25) is 0 Å². The summed E-state index contributed by atoms with van der Waals surface area (Å²) >= 11 is 1.85. The van der Waals surface area contributed by atoms with Gasteiger partial charge in [0.15, 0.2) is 0 Å². The number of nitrogens with two attached hydrogens (primary N) is 2. The van der Waals surface area contributed by atoms with Crippen molar-refractivity contribution in [3.05, 3.63) is 0 Å². The van der Waals surface area contributed by atoms with Crippen LogP contribution in [0.1, 0.15) is 103 Å². The molecule has 0 saturated carbocycles. The van der Waals surface area contributed by atoms with Crippen molar-refractivity contribution in [1.82, 2.24) is 53.2 Å². The summed E-state index contributed by atoms with van der Waals surface area (Å²) in [4.78, 5) is 203. The molecule has 0 unspecified atom stereocenters. The van der Waals surface area contributed by atoms with Crippen LogP contribution in [0.25, 0.3) is 0 Å². The topological polar surface area (TPSA) is 567 Å². The molecule has 2 rings (SSSR count). The first-order chi connectivity index (χ1) is 39.6. The lowest BCUT2D eigenvalue weighted by Gasteiger charge is -2.26. The van der Waals surface area contributed by atoms with E-state index in [4.69, 9.17) is 11.5 Å². The van der Waals surface area contributed by atoms with Gasteiger partial charge in [-0.15, -0.1) is 0 Å². The monoisotopic (exact) mass is 1230 g/mol. The van der Waals surface area contributed by atoms with Crippen LogP contribution in [0.5, 0.6) is 0 Å². The highest BCUT2D eigenvalue weighted by Crippen LogP contribution is 2.15. The van der Waals surface area contributed by atoms with E-state index in [1.54, 1.807) is 0 Å². The van der Waals surface area contributed by atoms with Crippen LogP contribution in [0.4, 0.5) is 0 Å². The number of aliphatic carboxylic acids is 6. The number of hydrogen-bond donors (Lipinski definition) is 18. The van der Waals surface area contributed by atoms with Gasteiger partial charge in [-0.2, -0.15) is 23.5 Å². The number of rotatable bonds is 43. The molecule has 34 nitrogen and oxygen atoms in total. The first-order valence-corrected chi connectivity index (χ1v) is 28.9.